The van der Waals surface area contributed by atoms with E-state index in [0.717, 1.165) is 26.9 Å². The topological polar surface area (TPSA) is 43.6 Å². The quantitative estimate of drug-likeness (QED) is 0.546. The van der Waals surface area contributed by atoms with Gasteiger partial charge in [-0.1, -0.05) is 36.4 Å². The van der Waals surface area contributed by atoms with Gasteiger partial charge in [-0.05, 0) is 39.7 Å². The maximum Gasteiger partial charge on any atom is 0.160 e. The molecule has 0 N–H and O–H groups in total. The van der Waals surface area contributed by atoms with Crippen molar-refractivity contribution in [1.82, 2.24) is 19.5 Å². The molecule has 0 bridgehead atoms. The summed E-state index contributed by atoms with van der Waals surface area (Å²) in [6.07, 6.45) is 5.44. The molecule has 1 aromatic carbocycles. The smallest absolute Gasteiger partial charge is 0.160 e. The number of imidazole rings is 1. The fraction of sp³-hybridized carbons (Fsp3) is 0.0556. The standard InChI is InChI=1S/C18H13BrN4/c19-14-10-16-18(21-11-14)23(12-22-16)17(13-6-2-1-3-7-13)15-8-4-5-9-20-15/h1-12,17H. The number of aromatic nitrogens is 4. The Labute approximate surface area is 142 Å². The molecule has 0 fully saturated rings. The maximum absolute atomic E-state index is 4.55. The first-order valence-corrected chi connectivity index (χ1v) is 8.06. The summed E-state index contributed by atoms with van der Waals surface area (Å²) in [4.78, 5) is 13.6. The van der Waals surface area contributed by atoms with E-state index in [9.17, 15) is 0 Å². The molecule has 4 rings (SSSR count). The van der Waals surface area contributed by atoms with Crippen LogP contribution in [0.1, 0.15) is 17.3 Å². The van der Waals surface area contributed by atoms with E-state index in [4.69, 9.17) is 0 Å². The zero-order chi connectivity index (χ0) is 15.6. The third kappa shape index (κ3) is 2.64. The van der Waals surface area contributed by atoms with Crippen molar-refractivity contribution in [2.24, 2.45) is 0 Å². The van der Waals surface area contributed by atoms with Gasteiger partial charge in [0.15, 0.2) is 5.65 Å². The van der Waals surface area contributed by atoms with Gasteiger partial charge in [0, 0.05) is 16.9 Å². The summed E-state index contributed by atoms with van der Waals surface area (Å²) >= 11 is 3.44. The van der Waals surface area contributed by atoms with Crippen LogP contribution in [0.2, 0.25) is 0 Å². The third-order valence-corrected chi connectivity index (χ3v) is 4.17. The fourth-order valence-corrected chi connectivity index (χ4v) is 3.05. The molecule has 3 aromatic heterocycles. The monoisotopic (exact) mass is 364 g/mol. The summed E-state index contributed by atoms with van der Waals surface area (Å²) < 4.78 is 2.99. The van der Waals surface area contributed by atoms with Crippen molar-refractivity contribution in [3.8, 4) is 0 Å². The lowest BCUT2D eigenvalue weighted by Gasteiger charge is -2.19. The summed E-state index contributed by atoms with van der Waals surface area (Å²) in [6, 6.07) is 18.2. The van der Waals surface area contributed by atoms with Crippen LogP contribution in [0.3, 0.4) is 0 Å². The number of nitrogens with zero attached hydrogens (tertiary/aromatic N) is 4. The number of rotatable bonds is 3. The number of pyridine rings is 2. The largest absolute Gasteiger partial charge is 0.302 e. The van der Waals surface area contributed by atoms with E-state index in [-0.39, 0.29) is 6.04 Å². The SMILES string of the molecule is Brc1cnc2c(c1)ncn2C(c1ccccc1)c1ccccn1. The number of fused-ring (bicyclic) bond motifs is 1. The normalized spacial score (nSPS) is 12.4. The van der Waals surface area contributed by atoms with Crippen LogP contribution in [-0.4, -0.2) is 19.5 Å². The van der Waals surface area contributed by atoms with Gasteiger partial charge in [-0.3, -0.25) is 4.98 Å². The van der Waals surface area contributed by atoms with E-state index < -0.39 is 0 Å². The van der Waals surface area contributed by atoms with E-state index in [1.165, 1.54) is 0 Å². The average Bonchev–Trinajstić information content (AvgIpc) is 3.00. The van der Waals surface area contributed by atoms with Crippen molar-refractivity contribution in [1.29, 1.82) is 0 Å². The lowest BCUT2D eigenvalue weighted by Crippen LogP contribution is -2.13. The van der Waals surface area contributed by atoms with E-state index in [1.807, 2.05) is 55.0 Å². The molecule has 4 aromatic rings. The molecule has 0 radical (unpaired) electrons. The predicted molar refractivity (Wildman–Crippen MR) is 93.1 cm³/mol. The molecule has 1 unspecified atom stereocenters. The first kappa shape index (κ1) is 14.1. The first-order chi connectivity index (χ1) is 11.3. The minimum atomic E-state index is -0.0592. The van der Waals surface area contributed by atoms with Crippen LogP contribution in [0.25, 0.3) is 11.2 Å². The molecule has 1 atom stereocenters. The van der Waals surface area contributed by atoms with Gasteiger partial charge in [-0.2, -0.15) is 0 Å². The minimum Gasteiger partial charge on any atom is -0.302 e. The van der Waals surface area contributed by atoms with Crippen LogP contribution in [0.4, 0.5) is 0 Å². The molecule has 3 heterocycles. The highest BCUT2D eigenvalue weighted by atomic mass is 79.9. The van der Waals surface area contributed by atoms with Crippen molar-refractivity contribution >= 4 is 27.1 Å². The minimum absolute atomic E-state index is 0.0592. The molecule has 0 aliphatic rings. The van der Waals surface area contributed by atoms with Crippen LogP contribution in [0.5, 0.6) is 0 Å². The van der Waals surface area contributed by atoms with Crippen molar-refractivity contribution in [2.45, 2.75) is 6.04 Å². The summed E-state index contributed by atoms with van der Waals surface area (Å²) in [7, 11) is 0. The molecule has 0 saturated carbocycles. The van der Waals surface area contributed by atoms with Crippen LogP contribution >= 0.6 is 15.9 Å². The van der Waals surface area contributed by atoms with Gasteiger partial charge in [0.2, 0.25) is 0 Å². The Bertz CT molecular complexity index is 896. The predicted octanol–water partition coefficient (Wildman–Crippen LogP) is 4.23. The Morgan fingerprint density at radius 3 is 2.52 bits per heavy atom. The Hall–Kier alpha value is -2.53. The highest BCUT2D eigenvalue weighted by Crippen LogP contribution is 2.28. The van der Waals surface area contributed by atoms with Crippen molar-refractivity contribution < 1.29 is 0 Å². The lowest BCUT2D eigenvalue weighted by atomic mass is 10.0. The number of hydrogen-bond acceptors (Lipinski definition) is 3. The molecular weight excluding hydrogens is 352 g/mol. The van der Waals surface area contributed by atoms with Crippen molar-refractivity contribution in [3.63, 3.8) is 0 Å². The van der Waals surface area contributed by atoms with Crippen molar-refractivity contribution in [2.75, 3.05) is 0 Å². The molecule has 112 valence electrons. The summed E-state index contributed by atoms with van der Waals surface area (Å²) in [5.41, 5.74) is 3.81. The van der Waals surface area contributed by atoms with Crippen molar-refractivity contribution in [3.05, 3.63) is 89.0 Å². The van der Waals surface area contributed by atoms with Gasteiger partial charge in [0.05, 0.1) is 12.0 Å². The fourth-order valence-electron chi connectivity index (χ4n) is 2.73. The van der Waals surface area contributed by atoms with Crippen LogP contribution in [0, 0.1) is 0 Å². The number of halogens is 1. The first-order valence-electron chi connectivity index (χ1n) is 7.27. The second kappa shape index (κ2) is 5.93. The van der Waals surface area contributed by atoms with Gasteiger partial charge in [-0.15, -0.1) is 0 Å². The zero-order valence-corrected chi connectivity index (χ0v) is 13.8. The highest BCUT2D eigenvalue weighted by Gasteiger charge is 2.20. The molecule has 0 amide bonds. The molecule has 0 saturated heterocycles. The van der Waals surface area contributed by atoms with Gasteiger partial charge >= 0.3 is 0 Å². The summed E-state index contributed by atoms with van der Waals surface area (Å²) in [5.74, 6) is 0. The second-order valence-corrected chi connectivity index (χ2v) is 6.13. The van der Waals surface area contributed by atoms with Crippen LogP contribution in [-0.2, 0) is 0 Å². The highest BCUT2D eigenvalue weighted by molar-refractivity contribution is 9.10. The molecule has 0 spiro atoms. The van der Waals surface area contributed by atoms with E-state index in [0.29, 0.717) is 0 Å². The molecule has 23 heavy (non-hydrogen) atoms. The molecule has 0 aliphatic heterocycles. The van der Waals surface area contributed by atoms with E-state index in [2.05, 4.69) is 47.6 Å². The Balaban J connectivity index is 1.94. The second-order valence-electron chi connectivity index (χ2n) is 5.22. The molecular formula is C18H13BrN4. The third-order valence-electron chi connectivity index (χ3n) is 3.74. The zero-order valence-electron chi connectivity index (χ0n) is 12.2. The molecule has 4 nitrogen and oxygen atoms in total. The van der Waals surface area contributed by atoms with Gasteiger partial charge in [-0.25, -0.2) is 9.97 Å². The van der Waals surface area contributed by atoms with Gasteiger partial charge in [0.25, 0.3) is 0 Å². The average molecular weight is 365 g/mol. The van der Waals surface area contributed by atoms with Gasteiger partial charge in [0.1, 0.15) is 11.6 Å². The van der Waals surface area contributed by atoms with Crippen LogP contribution < -0.4 is 0 Å². The number of benzene rings is 1. The van der Waals surface area contributed by atoms with Gasteiger partial charge < -0.3 is 4.57 Å². The summed E-state index contributed by atoms with van der Waals surface area (Å²) in [5, 5.41) is 0. The number of hydrogen-bond donors (Lipinski definition) is 0. The Kier molecular flexibility index (Phi) is 3.63. The maximum atomic E-state index is 4.55. The van der Waals surface area contributed by atoms with E-state index >= 15 is 0 Å². The summed E-state index contributed by atoms with van der Waals surface area (Å²) in [6.45, 7) is 0. The Morgan fingerprint density at radius 1 is 0.913 bits per heavy atom. The van der Waals surface area contributed by atoms with E-state index in [1.54, 1.807) is 6.20 Å². The Morgan fingerprint density at radius 2 is 1.74 bits per heavy atom. The van der Waals surface area contributed by atoms with Crippen LogP contribution in [0.15, 0.2) is 77.8 Å². The molecule has 5 heteroatoms. The lowest BCUT2D eigenvalue weighted by molar-refractivity contribution is 0.671. The molecule has 0 aliphatic carbocycles.